The molecule has 1 amide bonds. The highest BCUT2D eigenvalue weighted by Crippen LogP contribution is 2.31. The van der Waals surface area contributed by atoms with E-state index in [-0.39, 0.29) is 23.3 Å². The van der Waals surface area contributed by atoms with Gasteiger partial charge in [-0.25, -0.2) is 14.2 Å². The number of nitrogens with one attached hydrogen (secondary N) is 1. The number of aromatic nitrogens is 1. The van der Waals surface area contributed by atoms with E-state index in [1.54, 1.807) is 67.6 Å². The SMILES string of the molecule is CC1=C(C(=O)Nc2ccccc2)[C@@H](c2ccc(F)cc2)n2c(s/c(=C\c3ccccc3OCc3ccc(C(=O)O)cc3)c2=O)=N1. The van der Waals surface area contributed by atoms with E-state index in [4.69, 9.17) is 9.84 Å². The second kappa shape index (κ2) is 12.6. The van der Waals surface area contributed by atoms with Gasteiger partial charge in [0.15, 0.2) is 4.80 Å². The van der Waals surface area contributed by atoms with Gasteiger partial charge in [0, 0.05) is 11.3 Å². The predicted octanol–water partition coefficient (Wildman–Crippen LogP) is 5.29. The van der Waals surface area contributed by atoms with Gasteiger partial charge in [-0.1, -0.05) is 72.0 Å². The van der Waals surface area contributed by atoms with E-state index in [1.807, 2.05) is 24.3 Å². The summed E-state index contributed by atoms with van der Waals surface area (Å²) < 4.78 is 21.8. The lowest BCUT2D eigenvalue weighted by Crippen LogP contribution is -2.40. The Morgan fingerprint density at radius 3 is 2.38 bits per heavy atom. The Bertz CT molecular complexity index is 2120. The number of para-hydroxylation sites is 2. The van der Waals surface area contributed by atoms with Crippen molar-refractivity contribution in [2.45, 2.75) is 19.6 Å². The van der Waals surface area contributed by atoms with Crippen LogP contribution in [0.1, 0.15) is 40.0 Å². The van der Waals surface area contributed by atoms with Gasteiger partial charge in [0.25, 0.3) is 11.5 Å². The lowest BCUT2D eigenvalue weighted by Gasteiger charge is -2.25. The molecule has 45 heavy (non-hydrogen) atoms. The number of amides is 1. The average molecular weight is 620 g/mol. The second-order valence-corrected chi connectivity index (χ2v) is 11.3. The van der Waals surface area contributed by atoms with Crippen molar-refractivity contribution >= 4 is 35.0 Å². The van der Waals surface area contributed by atoms with E-state index in [0.717, 1.165) is 5.56 Å². The molecule has 4 aromatic carbocycles. The van der Waals surface area contributed by atoms with Crippen LogP contribution >= 0.6 is 11.3 Å². The van der Waals surface area contributed by atoms with Crippen LogP contribution in [0.3, 0.4) is 0 Å². The Hall–Kier alpha value is -5.61. The van der Waals surface area contributed by atoms with Crippen molar-refractivity contribution in [2.24, 2.45) is 4.99 Å². The number of hydrogen-bond acceptors (Lipinski definition) is 6. The third-order valence-corrected chi connectivity index (χ3v) is 8.27. The van der Waals surface area contributed by atoms with E-state index in [1.165, 1.54) is 40.2 Å². The minimum absolute atomic E-state index is 0.185. The number of carbonyl (C=O) groups excluding carboxylic acids is 1. The zero-order valence-corrected chi connectivity index (χ0v) is 24.8. The number of halogens is 1. The molecule has 5 aromatic rings. The summed E-state index contributed by atoms with van der Waals surface area (Å²) in [7, 11) is 0. The summed E-state index contributed by atoms with van der Waals surface area (Å²) in [4.78, 5) is 43.9. The predicted molar refractivity (Wildman–Crippen MR) is 169 cm³/mol. The van der Waals surface area contributed by atoms with Gasteiger partial charge in [-0.3, -0.25) is 14.2 Å². The Balaban J connectivity index is 1.38. The van der Waals surface area contributed by atoms with Crippen LogP contribution in [0, 0.1) is 5.82 Å². The lowest BCUT2D eigenvalue weighted by atomic mass is 9.95. The first-order valence-corrected chi connectivity index (χ1v) is 14.8. The molecule has 0 spiro atoms. The number of anilines is 1. The molecular weight excluding hydrogens is 593 g/mol. The van der Waals surface area contributed by atoms with Crippen LogP contribution in [-0.2, 0) is 11.4 Å². The molecule has 1 aliphatic heterocycles. The van der Waals surface area contributed by atoms with Crippen molar-refractivity contribution in [3.8, 4) is 5.75 Å². The summed E-state index contributed by atoms with van der Waals surface area (Å²) in [6.07, 6.45) is 1.72. The van der Waals surface area contributed by atoms with Gasteiger partial charge in [-0.2, -0.15) is 0 Å². The summed E-state index contributed by atoms with van der Waals surface area (Å²) in [6, 6.07) is 27.5. The fourth-order valence-corrected chi connectivity index (χ4v) is 6.11. The summed E-state index contributed by atoms with van der Waals surface area (Å²) in [6.45, 7) is 1.91. The summed E-state index contributed by atoms with van der Waals surface area (Å²) in [5.41, 5.74) is 3.15. The van der Waals surface area contributed by atoms with Crippen LogP contribution in [0.4, 0.5) is 10.1 Å². The van der Waals surface area contributed by atoms with Gasteiger partial charge in [0.2, 0.25) is 0 Å². The summed E-state index contributed by atoms with van der Waals surface area (Å²) in [5, 5.41) is 12.0. The number of benzene rings is 4. The topological polar surface area (TPSA) is 110 Å². The normalized spacial score (nSPS) is 14.4. The minimum Gasteiger partial charge on any atom is -0.488 e. The molecular formula is C35H26FN3O5S. The van der Waals surface area contributed by atoms with Crippen LogP contribution in [0.25, 0.3) is 6.08 Å². The Morgan fingerprint density at radius 2 is 1.67 bits per heavy atom. The van der Waals surface area contributed by atoms with Crippen LogP contribution in [0.15, 0.2) is 124 Å². The molecule has 1 atom stereocenters. The van der Waals surface area contributed by atoms with Crippen molar-refractivity contribution in [1.82, 2.24) is 4.57 Å². The number of ether oxygens (including phenoxy) is 1. The van der Waals surface area contributed by atoms with E-state index in [0.29, 0.717) is 37.6 Å². The zero-order chi connectivity index (χ0) is 31.5. The highest BCUT2D eigenvalue weighted by molar-refractivity contribution is 7.07. The van der Waals surface area contributed by atoms with E-state index in [2.05, 4.69) is 10.3 Å². The molecule has 0 aliphatic carbocycles. The zero-order valence-electron chi connectivity index (χ0n) is 23.9. The quantitative estimate of drug-likeness (QED) is 0.245. The van der Waals surface area contributed by atoms with Crippen molar-refractivity contribution < 1.29 is 23.8 Å². The van der Waals surface area contributed by atoms with Gasteiger partial charge in [0.1, 0.15) is 18.2 Å². The summed E-state index contributed by atoms with van der Waals surface area (Å²) >= 11 is 1.18. The van der Waals surface area contributed by atoms with Crippen LogP contribution in [0.2, 0.25) is 0 Å². The molecule has 0 fully saturated rings. The van der Waals surface area contributed by atoms with Crippen molar-refractivity contribution in [3.63, 3.8) is 0 Å². The molecule has 6 rings (SSSR count). The molecule has 0 radical (unpaired) electrons. The third kappa shape index (κ3) is 6.22. The van der Waals surface area contributed by atoms with Gasteiger partial charge in [0.05, 0.1) is 27.4 Å². The Kier molecular flexibility index (Phi) is 8.22. The number of aromatic carboxylic acids is 1. The molecule has 2 heterocycles. The van der Waals surface area contributed by atoms with Gasteiger partial charge in [-0.05, 0) is 66.6 Å². The maximum atomic E-state index is 14.0. The number of carboxylic acids is 1. The second-order valence-electron chi connectivity index (χ2n) is 10.3. The monoisotopic (exact) mass is 619 g/mol. The maximum absolute atomic E-state index is 14.0. The fourth-order valence-electron chi connectivity index (χ4n) is 5.07. The van der Waals surface area contributed by atoms with Gasteiger partial charge >= 0.3 is 5.97 Å². The van der Waals surface area contributed by atoms with Gasteiger partial charge in [-0.15, -0.1) is 0 Å². The first-order chi connectivity index (χ1) is 21.8. The Labute approximate surface area is 260 Å². The fraction of sp³-hybridized carbons (Fsp3) is 0.0857. The van der Waals surface area contributed by atoms with E-state index in [9.17, 15) is 18.8 Å². The third-order valence-electron chi connectivity index (χ3n) is 7.28. The van der Waals surface area contributed by atoms with Crippen molar-refractivity contribution in [3.05, 3.63) is 162 Å². The molecule has 0 saturated carbocycles. The summed E-state index contributed by atoms with van der Waals surface area (Å²) in [5.74, 6) is -1.33. The maximum Gasteiger partial charge on any atom is 0.335 e. The van der Waals surface area contributed by atoms with Crippen molar-refractivity contribution in [2.75, 3.05) is 5.32 Å². The van der Waals surface area contributed by atoms with Crippen LogP contribution in [0.5, 0.6) is 5.75 Å². The van der Waals surface area contributed by atoms with Crippen molar-refractivity contribution in [1.29, 1.82) is 0 Å². The lowest BCUT2D eigenvalue weighted by molar-refractivity contribution is -0.113. The number of carbonyl (C=O) groups is 2. The number of fused-ring (bicyclic) bond motifs is 1. The van der Waals surface area contributed by atoms with E-state index < -0.39 is 23.7 Å². The standard InChI is InChI=1S/C35H26FN3O5S/c1-21-30(32(40)38-27-8-3-2-4-9-27)31(23-15-17-26(36)18-16-23)39-33(41)29(45-35(39)37-21)19-25-7-5-6-10-28(25)44-20-22-11-13-24(14-12-22)34(42)43/h2-19,31H,20H2,1H3,(H,38,40)(H,42,43)/b29-19-/t31-/m1/s1. The number of carboxylic acid groups (broad SMARTS) is 1. The molecule has 1 aliphatic rings. The number of thiazole rings is 1. The number of nitrogens with zero attached hydrogens (tertiary/aromatic N) is 2. The molecule has 8 nitrogen and oxygen atoms in total. The molecule has 2 N–H and O–H groups in total. The first kappa shape index (κ1) is 29.5. The molecule has 10 heteroatoms. The molecule has 0 bridgehead atoms. The minimum atomic E-state index is -1.00. The molecule has 0 unspecified atom stereocenters. The molecule has 0 saturated heterocycles. The smallest absolute Gasteiger partial charge is 0.335 e. The Morgan fingerprint density at radius 1 is 0.978 bits per heavy atom. The van der Waals surface area contributed by atoms with E-state index >= 15 is 0 Å². The number of hydrogen-bond donors (Lipinski definition) is 2. The van der Waals surface area contributed by atoms with Crippen LogP contribution < -0.4 is 24.9 Å². The van der Waals surface area contributed by atoms with Crippen LogP contribution in [-0.4, -0.2) is 21.6 Å². The molecule has 1 aromatic heterocycles. The van der Waals surface area contributed by atoms with Gasteiger partial charge < -0.3 is 15.2 Å². The average Bonchev–Trinajstić information content (AvgIpc) is 3.34. The number of allylic oxidation sites excluding steroid dienone is 1. The number of rotatable bonds is 8. The highest BCUT2D eigenvalue weighted by Gasteiger charge is 2.32. The first-order valence-electron chi connectivity index (χ1n) is 14.0. The highest BCUT2D eigenvalue weighted by atomic mass is 32.1. The largest absolute Gasteiger partial charge is 0.488 e. The molecule has 224 valence electrons.